The van der Waals surface area contributed by atoms with Crippen molar-refractivity contribution < 1.29 is 4.79 Å². The molecule has 0 aliphatic heterocycles. The maximum Gasteiger partial charge on any atom is 0.120 e. The van der Waals surface area contributed by atoms with Crippen molar-refractivity contribution in [2.75, 3.05) is 6.54 Å². The minimum Gasteiger partial charge on any atom is -0.303 e. The van der Waals surface area contributed by atoms with Crippen molar-refractivity contribution in [3.8, 4) is 0 Å². The summed E-state index contributed by atoms with van der Waals surface area (Å²) in [4.78, 5) is 13.1. The molecule has 0 saturated heterocycles. The molecule has 0 aliphatic rings. The van der Waals surface area contributed by atoms with E-state index in [1.165, 1.54) is 19.3 Å². The lowest BCUT2D eigenvalue weighted by Crippen LogP contribution is -2.18. The van der Waals surface area contributed by atoms with E-state index < -0.39 is 0 Å². The third-order valence-corrected chi connectivity index (χ3v) is 3.16. The van der Waals surface area contributed by atoms with Crippen LogP contribution in [0.5, 0.6) is 0 Å². The summed E-state index contributed by atoms with van der Waals surface area (Å²) in [6, 6.07) is 0. The van der Waals surface area contributed by atoms with Crippen molar-refractivity contribution in [3.63, 3.8) is 0 Å². The fourth-order valence-electron chi connectivity index (χ4n) is 2.07. The first-order valence-corrected chi connectivity index (χ1v) is 6.75. The second-order valence-electron chi connectivity index (χ2n) is 5.27. The Balaban J connectivity index is 3.71. The third-order valence-electron chi connectivity index (χ3n) is 3.01. The fraction of sp³-hybridized carbons (Fsp3) is 0.923. The van der Waals surface area contributed by atoms with Crippen molar-refractivity contribution in [1.82, 2.24) is 4.84 Å². The highest BCUT2D eigenvalue weighted by molar-refractivity contribution is 6.13. The fourth-order valence-corrected chi connectivity index (χ4v) is 2.29. The zero-order chi connectivity index (χ0) is 12.4. The summed E-state index contributed by atoms with van der Waals surface area (Å²) in [5.74, 6) is 1.88. The molecule has 96 valence electrons. The van der Waals surface area contributed by atoms with Gasteiger partial charge in [0.2, 0.25) is 0 Å². The molecule has 0 fully saturated rings. The van der Waals surface area contributed by atoms with Crippen LogP contribution in [0.1, 0.15) is 52.9 Å². The van der Waals surface area contributed by atoms with Crippen LogP contribution in [0.3, 0.4) is 0 Å². The van der Waals surface area contributed by atoms with Crippen molar-refractivity contribution in [3.05, 3.63) is 0 Å². The van der Waals surface area contributed by atoms with Gasteiger partial charge in [-0.15, -0.1) is 0 Å². The van der Waals surface area contributed by atoms with E-state index in [0.717, 1.165) is 25.2 Å². The van der Waals surface area contributed by atoms with E-state index in [1.807, 2.05) is 0 Å². The summed E-state index contributed by atoms with van der Waals surface area (Å²) in [5.41, 5.74) is 0. The first-order valence-electron chi connectivity index (χ1n) is 6.37. The van der Waals surface area contributed by atoms with E-state index in [4.69, 9.17) is 11.8 Å². The van der Waals surface area contributed by atoms with Crippen molar-refractivity contribution in [2.24, 2.45) is 17.8 Å². The van der Waals surface area contributed by atoms with Gasteiger partial charge in [-0.25, -0.2) is 4.84 Å². The topological polar surface area (TPSA) is 29.1 Å². The summed E-state index contributed by atoms with van der Waals surface area (Å²) in [5, 5.41) is 0. The van der Waals surface area contributed by atoms with Gasteiger partial charge < -0.3 is 4.79 Å². The minimum absolute atomic E-state index is 0.393. The van der Waals surface area contributed by atoms with Gasteiger partial charge in [0, 0.05) is 13.0 Å². The van der Waals surface area contributed by atoms with E-state index in [2.05, 4.69) is 25.6 Å². The van der Waals surface area contributed by atoms with Crippen LogP contribution in [0.25, 0.3) is 0 Å². The molecule has 3 heteroatoms. The van der Waals surface area contributed by atoms with E-state index in [-0.39, 0.29) is 0 Å². The third kappa shape index (κ3) is 9.17. The van der Waals surface area contributed by atoms with Crippen LogP contribution >= 0.6 is 11.8 Å². The number of nitrogens with one attached hydrogen (secondary N) is 1. The Morgan fingerprint density at radius 1 is 1.25 bits per heavy atom. The number of carbonyl (C=O) groups excluding carboxylic acids is 1. The van der Waals surface area contributed by atoms with Crippen LogP contribution < -0.4 is 4.84 Å². The molecule has 0 saturated carbocycles. The summed E-state index contributed by atoms with van der Waals surface area (Å²) >= 11 is 5.50. The van der Waals surface area contributed by atoms with Crippen molar-refractivity contribution in [1.29, 1.82) is 0 Å². The molecule has 0 bridgehead atoms. The normalized spacial score (nSPS) is 15.1. The van der Waals surface area contributed by atoms with Crippen molar-refractivity contribution >= 4 is 18.1 Å². The average Bonchev–Trinajstić information content (AvgIpc) is 2.17. The molecular formula is C13H26ClNO. The van der Waals surface area contributed by atoms with Gasteiger partial charge in [-0.1, -0.05) is 40.0 Å². The average molecular weight is 248 g/mol. The highest BCUT2D eigenvalue weighted by Gasteiger charge is 2.12. The molecule has 0 aromatic carbocycles. The monoisotopic (exact) mass is 247 g/mol. The summed E-state index contributed by atoms with van der Waals surface area (Å²) in [6.45, 7) is 7.52. The SMILES string of the molecule is CC(C)CCC[C@H](C)CC(CC=O)CNCl. The highest BCUT2D eigenvalue weighted by atomic mass is 35.5. The summed E-state index contributed by atoms with van der Waals surface area (Å²) < 4.78 is 0. The van der Waals surface area contributed by atoms with Crippen LogP contribution in [0.2, 0.25) is 0 Å². The van der Waals surface area contributed by atoms with E-state index in [1.54, 1.807) is 0 Å². The van der Waals surface area contributed by atoms with Gasteiger partial charge in [0.05, 0.1) is 0 Å². The molecule has 0 aromatic rings. The number of hydrogen-bond acceptors (Lipinski definition) is 2. The Hall–Kier alpha value is -0.0800. The van der Waals surface area contributed by atoms with Crippen LogP contribution in [-0.4, -0.2) is 12.8 Å². The molecule has 1 unspecified atom stereocenters. The van der Waals surface area contributed by atoms with Crippen LogP contribution in [0.4, 0.5) is 0 Å². The maximum atomic E-state index is 10.5. The lowest BCUT2D eigenvalue weighted by Gasteiger charge is -2.18. The molecule has 0 rings (SSSR count). The first kappa shape index (κ1) is 15.9. The Kier molecular flexibility index (Phi) is 10.0. The molecule has 0 heterocycles. The van der Waals surface area contributed by atoms with Gasteiger partial charge in [0.25, 0.3) is 0 Å². The van der Waals surface area contributed by atoms with Crippen LogP contribution in [0.15, 0.2) is 0 Å². The molecule has 1 N–H and O–H groups in total. The Morgan fingerprint density at radius 2 is 1.94 bits per heavy atom. The number of hydrogen-bond donors (Lipinski definition) is 1. The highest BCUT2D eigenvalue weighted by Crippen LogP contribution is 2.20. The molecule has 0 amide bonds. The van der Waals surface area contributed by atoms with Gasteiger partial charge in [0.15, 0.2) is 0 Å². The predicted molar refractivity (Wildman–Crippen MR) is 70.5 cm³/mol. The second kappa shape index (κ2) is 10.1. The van der Waals surface area contributed by atoms with Crippen molar-refractivity contribution in [2.45, 2.75) is 52.9 Å². The standard InChI is InChI=1S/C13H26ClNO/c1-11(2)5-4-6-12(3)9-13(7-8-16)10-15-14/h8,11-13,15H,4-7,9-10H2,1-3H3/t12-,13?/m0/s1. The lowest BCUT2D eigenvalue weighted by atomic mass is 9.89. The Labute approximate surface area is 105 Å². The quantitative estimate of drug-likeness (QED) is 0.470. The Morgan fingerprint density at radius 3 is 2.44 bits per heavy atom. The van der Waals surface area contributed by atoms with Crippen LogP contribution in [0, 0.1) is 17.8 Å². The van der Waals surface area contributed by atoms with E-state index >= 15 is 0 Å². The van der Waals surface area contributed by atoms with Gasteiger partial charge in [-0.05, 0) is 36.0 Å². The van der Waals surface area contributed by atoms with Gasteiger partial charge in [-0.2, -0.15) is 0 Å². The molecule has 0 aliphatic carbocycles. The summed E-state index contributed by atoms with van der Waals surface area (Å²) in [6.07, 6.45) is 6.57. The zero-order valence-electron chi connectivity index (χ0n) is 10.8. The maximum absolute atomic E-state index is 10.5. The number of halogens is 1. The predicted octanol–water partition coefficient (Wildman–Crippen LogP) is 3.79. The number of aldehydes is 1. The van der Waals surface area contributed by atoms with Gasteiger partial charge in [0.1, 0.15) is 6.29 Å². The second-order valence-corrected chi connectivity index (χ2v) is 5.54. The number of carbonyl (C=O) groups is 1. The van der Waals surface area contributed by atoms with Gasteiger partial charge in [-0.3, -0.25) is 0 Å². The molecule has 2 nitrogen and oxygen atoms in total. The smallest absolute Gasteiger partial charge is 0.120 e. The zero-order valence-corrected chi connectivity index (χ0v) is 11.6. The van der Waals surface area contributed by atoms with Crippen LogP contribution in [-0.2, 0) is 4.79 Å². The number of rotatable bonds is 10. The minimum atomic E-state index is 0.393. The Bertz CT molecular complexity index is 173. The van der Waals surface area contributed by atoms with E-state index in [9.17, 15) is 4.79 Å². The molecule has 16 heavy (non-hydrogen) atoms. The molecule has 2 atom stereocenters. The largest absolute Gasteiger partial charge is 0.303 e. The molecule has 0 aromatic heterocycles. The lowest BCUT2D eigenvalue weighted by molar-refractivity contribution is -0.108. The first-order chi connectivity index (χ1) is 7.60. The molecular weight excluding hydrogens is 222 g/mol. The molecule has 0 radical (unpaired) electrons. The summed E-state index contributed by atoms with van der Waals surface area (Å²) in [7, 11) is 0. The molecule has 0 spiro atoms. The van der Waals surface area contributed by atoms with Gasteiger partial charge >= 0.3 is 0 Å². The van der Waals surface area contributed by atoms with E-state index in [0.29, 0.717) is 18.3 Å².